The summed E-state index contributed by atoms with van der Waals surface area (Å²) < 4.78 is 5.55. The summed E-state index contributed by atoms with van der Waals surface area (Å²) in [5, 5.41) is 12.7. The highest BCUT2D eigenvalue weighted by Gasteiger charge is 2.32. The lowest BCUT2D eigenvalue weighted by Gasteiger charge is -2.14. The fraction of sp³-hybridized carbons (Fsp3) is 0.417. The molecule has 0 aromatic heterocycles. The van der Waals surface area contributed by atoms with E-state index in [1.165, 1.54) is 0 Å². The molecular formula is C12H15NO3S. The smallest absolute Gasteiger partial charge is 0.163 e. The van der Waals surface area contributed by atoms with Gasteiger partial charge in [0.2, 0.25) is 0 Å². The molecule has 1 fully saturated rings. The maximum atomic E-state index is 10.8. The van der Waals surface area contributed by atoms with Crippen molar-refractivity contribution in [3.05, 3.63) is 29.8 Å². The molecule has 17 heavy (non-hydrogen) atoms. The molecule has 4 nitrogen and oxygen atoms in total. The van der Waals surface area contributed by atoms with Crippen molar-refractivity contribution in [1.29, 1.82) is 0 Å². The molecule has 1 heterocycles. The van der Waals surface area contributed by atoms with E-state index in [-0.39, 0.29) is 5.37 Å². The Balaban J connectivity index is 2.15. The molecule has 1 aromatic carbocycles. The number of benzene rings is 1. The summed E-state index contributed by atoms with van der Waals surface area (Å²) in [6, 6.07) is 7.30. The number of carbonyl (C=O) groups is 1. The van der Waals surface area contributed by atoms with Crippen LogP contribution in [-0.2, 0) is 4.79 Å². The Morgan fingerprint density at radius 1 is 1.59 bits per heavy atom. The highest BCUT2D eigenvalue weighted by Crippen LogP contribution is 2.32. The van der Waals surface area contributed by atoms with Gasteiger partial charge in [-0.25, -0.2) is 0 Å². The second-order valence-corrected chi connectivity index (χ2v) is 5.02. The van der Waals surface area contributed by atoms with Crippen LogP contribution in [0.1, 0.15) is 17.9 Å². The van der Waals surface area contributed by atoms with E-state index in [4.69, 9.17) is 4.74 Å². The molecule has 0 radical (unpaired) electrons. The van der Waals surface area contributed by atoms with E-state index < -0.39 is 12.0 Å². The molecule has 0 bridgehead atoms. The molecule has 2 N–H and O–H groups in total. The van der Waals surface area contributed by atoms with Gasteiger partial charge in [-0.2, -0.15) is 0 Å². The summed E-state index contributed by atoms with van der Waals surface area (Å²) >= 11 is 1.62. The Hall–Kier alpha value is -1.20. The van der Waals surface area contributed by atoms with Crippen LogP contribution >= 0.6 is 11.8 Å². The highest BCUT2D eigenvalue weighted by molar-refractivity contribution is 7.99. The number of hydrogen-bond donors (Lipinski definition) is 1. The minimum absolute atomic E-state index is 0.0839. The first-order valence-corrected chi connectivity index (χ1v) is 6.66. The Bertz CT molecular complexity index is 410. The van der Waals surface area contributed by atoms with Gasteiger partial charge in [0, 0.05) is 0 Å². The number of carboxylic acid groups (broad SMARTS) is 1. The van der Waals surface area contributed by atoms with Crippen molar-refractivity contribution in [1.82, 2.24) is 0 Å². The standard InChI is InChI=1S/C12H15NO3S/c1-2-16-10-6-4-3-5-8(10)11-13-9(7-17-11)12(14)15/h3-6,9,11,13H,2,7H2,1H3,(H,14,15). The van der Waals surface area contributed by atoms with E-state index in [0.29, 0.717) is 12.4 Å². The van der Waals surface area contributed by atoms with Crippen LogP contribution in [0, 0.1) is 0 Å². The van der Waals surface area contributed by atoms with Crippen LogP contribution in [0.25, 0.3) is 0 Å². The second kappa shape index (κ2) is 5.42. The molecule has 5 heteroatoms. The summed E-state index contributed by atoms with van der Waals surface area (Å²) in [5.41, 5.74) is 1.04. The van der Waals surface area contributed by atoms with E-state index >= 15 is 0 Å². The van der Waals surface area contributed by atoms with E-state index in [1.54, 1.807) is 11.8 Å². The average Bonchev–Trinajstić information content (AvgIpc) is 2.79. The predicted molar refractivity (Wildman–Crippen MR) is 63.5 cm³/mol. The number of quaternary nitrogens is 1. The molecule has 0 aliphatic carbocycles. The van der Waals surface area contributed by atoms with Gasteiger partial charge in [-0.15, -0.1) is 0 Å². The monoisotopic (exact) mass is 253 g/mol. The van der Waals surface area contributed by atoms with Crippen LogP contribution in [-0.4, -0.2) is 24.4 Å². The molecular weight excluding hydrogens is 238 g/mol. The van der Waals surface area contributed by atoms with Gasteiger partial charge in [-0.1, -0.05) is 23.9 Å². The Morgan fingerprint density at radius 3 is 3.00 bits per heavy atom. The normalized spacial score (nSPS) is 23.6. The highest BCUT2D eigenvalue weighted by atomic mass is 32.2. The van der Waals surface area contributed by atoms with Gasteiger partial charge in [0.1, 0.15) is 17.8 Å². The zero-order chi connectivity index (χ0) is 12.3. The van der Waals surface area contributed by atoms with Crippen molar-refractivity contribution >= 4 is 17.7 Å². The largest absolute Gasteiger partial charge is 0.544 e. The van der Waals surface area contributed by atoms with Gasteiger partial charge in [0.05, 0.1) is 17.9 Å². The number of aliphatic carboxylic acids is 1. The maximum Gasteiger partial charge on any atom is 0.163 e. The minimum atomic E-state index is -0.992. The second-order valence-electron chi connectivity index (χ2n) is 3.84. The molecule has 1 aliphatic rings. The average molecular weight is 253 g/mol. The van der Waals surface area contributed by atoms with Gasteiger partial charge in [-0.3, -0.25) is 0 Å². The fourth-order valence-electron chi connectivity index (χ4n) is 1.87. The van der Waals surface area contributed by atoms with Crippen molar-refractivity contribution in [2.75, 3.05) is 12.4 Å². The van der Waals surface area contributed by atoms with E-state index in [0.717, 1.165) is 11.3 Å². The van der Waals surface area contributed by atoms with Gasteiger partial charge >= 0.3 is 0 Å². The van der Waals surface area contributed by atoms with Crippen molar-refractivity contribution < 1.29 is 20.0 Å². The number of carboxylic acids is 1. The SMILES string of the molecule is CCOc1ccccc1C1[NH2+]C(C(=O)[O-])CS1. The van der Waals surface area contributed by atoms with Gasteiger partial charge in [-0.05, 0) is 19.1 Å². The zero-order valence-corrected chi connectivity index (χ0v) is 10.4. The molecule has 2 atom stereocenters. The van der Waals surface area contributed by atoms with Crippen LogP contribution < -0.4 is 15.2 Å². The lowest BCUT2D eigenvalue weighted by Crippen LogP contribution is -2.90. The molecule has 1 aromatic rings. The number of nitrogens with two attached hydrogens (primary N) is 1. The third-order valence-electron chi connectivity index (χ3n) is 2.69. The van der Waals surface area contributed by atoms with Crippen molar-refractivity contribution in [3.63, 3.8) is 0 Å². The topological polar surface area (TPSA) is 66.0 Å². The first-order chi connectivity index (χ1) is 8.22. The first-order valence-electron chi connectivity index (χ1n) is 5.61. The summed E-state index contributed by atoms with van der Waals surface area (Å²) in [7, 11) is 0. The molecule has 2 unspecified atom stereocenters. The molecule has 0 saturated carbocycles. The van der Waals surface area contributed by atoms with Crippen LogP contribution in [0.2, 0.25) is 0 Å². The quantitative estimate of drug-likeness (QED) is 0.786. The van der Waals surface area contributed by atoms with Crippen LogP contribution in [0.15, 0.2) is 24.3 Å². The van der Waals surface area contributed by atoms with Crippen LogP contribution in [0.4, 0.5) is 0 Å². The lowest BCUT2D eigenvalue weighted by molar-refractivity contribution is -0.690. The predicted octanol–water partition coefficient (Wildman–Crippen LogP) is -0.487. The van der Waals surface area contributed by atoms with Gasteiger partial charge in [0.15, 0.2) is 5.37 Å². The number of rotatable bonds is 4. The lowest BCUT2D eigenvalue weighted by atomic mass is 10.2. The van der Waals surface area contributed by atoms with Gasteiger partial charge < -0.3 is 20.0 Å². The van der Waals surface area contributed by atoms with E-state index in [1.807, 2.05) is 36.5 Å². The first kappa shape index (κ1) is 12.3. The molecule has 1 saturated heterocycles. The van der Waals surface area contributed by atoms with Crippen LogP contribution in [0.5, 0.6) is 5.75 Å². The Morgan fingerprint density at radius 2 is 2.35 bits per heavy atom. The molecule has 0 amide bonds. The van der Waals surface area contributed by atoms with Gasteiger partial charge in [0.25, 0.3) is 0 Å². The summed E-state index contributed by atoms with van der Waals surface area (Å²) in [6.07, 6.45) is 0. The number of ether oxygens (including phenoxy) is 1. The molecule has 1 aliphatic heterocycles. The Labute approximate surface area is 104 Å². The van der Waals surface area contributed by atoms with Crippen LogP contribution in [0.3, 0.4) is 0 Å². The molecule has 0 spiro atoms. The number of thioether (sulfide) groups is 1. The molecule has 92 valence electrons. The Kier molecular flexibility index (Phi) is 3.91. The number of carbonyl (C=O) groups excluding carboxylic acids is 1. The third kappa shape index (κ3) is 2.73. The third-order valence-corrected chi connectivity index (χ3v) is 4.01. The fourth-order valence-corrected chi connectivity index (χ4v) is 3.21. The van der Waals surface area contributed by atoms with E-state index in [9.17, 15) is 9.90 Å². The van der Waals surface area contributed by atoms with Crippen molar-refractivity contribution in [2.45, 2.75) is 18.3 Å². The minimum Gasteiger partial charge on any atom is -0.544 e. The number of para-hydroxylation sites is 1. The van der Waals surface area contributed by atoms with Crippen molar-refractivity contribution in [2.24, 2.45) is 0 Å². The molecule has 2 rings (SSSR count). The summed E-state index contributed by atoms with van der Waals surface area (Å²) in [4.78, 5) is 10.8. The number of hydrogen-bond acceptors (Lipinski definition) is 4. The summed E-state index contributed by atoms with van der Waals surface area (Å²) in [5.74, 6) is 0.421. The summed E-state index contributed by atoms with van der Waals surface area (Å²) in [6.45, 7) is 2.55. The van der Waals surface area contributed by atoms with E-state index in [2.05, 4.69) is 0 Å². The maximum absolute atomic E-state index is 10.8. The zero-order valence-electron chi connectivity index (χ0n) is 9.59. The van der Waals surface area contributed by atoms with Crippen molar-refractivity contribution in [3.8, 4) is 5.75 Å².